The monoisotopic (exact) mass is 315 g/mol. The molecular weight excluding hydrogens is 290 g/mol. The van der Waals surface area contributed by atoms with E-state index in [-0.39, 0.29) is 11.9 Å². The van der Waals surface area contributed by atoms with Crippen LogP contribution >= 0.6 is 0 Å². The van der Waals surface area contributed by atoms with Gasteiger partial charge in [0.2, 0.25) is 5.91 Å². The van der Waals surface area contributed by atoms with Crippen molar-refractivity contribution in [1.29, 1.82) is 0 Å². The fraction of sp³-hybridized carbons (Fsp3) is 0.412. The molecule has 1 heterocycles. The van der Waals surface area contributed by atoms with Crippen molar-refractivity contribution in [1.82, 2.24) is 15.1 Å². The maximum absolute atomic E-state index is 11.6. The van der Waals surface area contributed by atoms with Gasteiger partial charge in [0.05, 0.1) is 11.4 Å². The fourth-order valence-electron chi connectivity index (χ4n) is 2.29. The second-order valence-corrected chi connectivity index (χ2v) is 5.78. The van der Waals surface area contributed by atoms with Crippen molar-refractivity contribution in [2.75, 3.05) is 12.3 Å². The molecule has 1 atom stereocenters. The Morgan fingerprint density at radius 3 is 2.78 bits per heavy atom. The number of nitrogens with zero attached hydrogens (tertiary/aromatic N) is 2. The van der Waals surface area contributed by atoms with Gasteiger partial charge in [-0.25, -0.2) is 4.68 Å². The van der Waals surface area contributed by atoms with Crippen LogP contribution in [0.3, 0.4) is 0 Å². The highest BCUT2D eigenvalue weighted by Crippen LogP contribution is 2.14. The first-order valence-corrected chi connectivity index (χ1v) is 7.98. The Kier molecular flexibility index (Phi) is 6.17. The number of hydrogen-bond acceptors (Lipinski definition) is 4. The molecule has 1 aromatic carbocycles. The Balaban J connectivity index is 1.78. The lowest BCUT2D eigenvalue weighted by Gasteiger charge is -2.06. The van der Waals surface area contributed by atoms with Crippen LogP contribution in [0.4, 0.5) is 5.82 Å². The molecule has 1 aromatic heterocycles. The third kappa shape index (κ3) is 5.41. The lowest BCUT2D eigenvalue weighted by atomic mass is 10.2. The number of carbonyl (C=O) groups is 1. The molecule has 6 heteroatoms. The van der Waals surface area contributed by atoms with Crippen LogP contribution in [-0.2, 0) is 11.2 Å². The van der Waals surface area contributed by atoms with E-state index in [0.717, 1.165) is 24.2 Å². The van der Waals surface area contributed by atoms with E-state index in [9.17, 15) is 4.79 Å². The summed E-state index contributed by atoms with van der Waals surface area (Å²) in [6.07, 6.45) is 2.80. The third-order valence-corrected chi connectivity index (χ3v) is 3.55. The van der Waals surface area contributed by atoms with E-state index in [4.69, 9.17) is 11.5 Å². The van der Waals surface area contributed by atoms with Gasteiger partial charge in [-0.3, -0.25) is 4.79 Å². The van der Waals surface area contributed by atoms with Crippen molar-refractivity contribution in [2.45, 2.75) is 38.6 Å². The van der Waals surface area contributed by atoms with Gasteiger partial charge in [0.1, 0.15) is 5.82 Å². The van der Waals surface area contributed by atoms with Gasteiger partial charge in [-0.15, -0.1) is 0 Å². The van der Waals surface area contributed by atoms with E-state index in [0.29, 0.717) is 25.2 Å². The standard InChI is InChI=1S/C17H25N5O/c1-13(18)9-10-17(23)20-11-5-6-14-12-16(19)22(21-14)15-7-3-2-4-8-15/h2-4,7-8,12-13H,5-6,9-11,18-19H2,1H3,(H,20,23). The Labute approximate surface area is 136 Å². The number of nitrogens with one attached hydrogen (secondary N) is 1. The lowest BCUT2D eigenvalue weighted by molar-refractivity contribution is -0.121. The minimum Gasteiger partial charge on any atom is -0.384 e. The second kappa shape index (κ2) is 8.33. The summed E-state index contributed by atoms with van der Waals surface area (Å²) in [5.74, 6) is 0.670. The van der Waals surface area contributed by atoms with Gasteiger partial charge in [0.25, 0.3) is 0 Å². The maximum atomic E-state index is 11.6. The predicted octanol–water partition coefficient (Wildman–Crippen LogP) is 1.63. The molecule has 0 saturated carbocycles. The Morgan fingerprint density at radius 1 is 1.35 bits per heavy atom. The first-order valence-electron chi connectivity index (χ1n) is 7.98. The van der Waals surface area contributed by atoms with Crippen molar-refractivity contribution in [3.05, 3.63) is 42.1 Å². The SMILES string of the molecule is CC(N)CCC(=O)NCCCc1cc(N)n(-c2ccccc2)n1. The maximum Gasteiger partial charge on any atom is 0.220 e. The van der Waals surface area contributed by atoms with Crippen LogP contribution in [0.15, 0.2) is 36.4 Å². The van der Waals surface area contributed by atoms with E-state index in [1.807, 2.05) is 43.3 Å². The van der Waals surface area contributed by atoms with Crippen LogP contribution in [0.25, 0.3) is 5.69 Å². The minimum atomic E-state index is 0.0524. The number of benzene rings is 1. The molecule has 6 nitrogen and oxygen atoms in total. The number of nitrogens with two attached hydrogens (primary N) is 2. The summed E-state index contributed by atoms with van der Waals surface area (Å²) in [4.78, 5) is 11.6. The molecule has 0 aliphatic rings. The van der Waals surface area contributed by atoms with Gasteiger partial charge in [0, 0.05) is 25.1 Å². The number of hydrogen-bond donors (Lipinski definition) is 3. The number of carbonyl (C=O) groups excluding carboxylic acids is 1. The van der Waals surface area contributed by atoms with Gasteiger partial charge in [-0.1, -0.05) is 18.2 Å². The second-order valence-electron chi connectivity index (χ2n) is 5.78. The molecule has 0 bridgehead atoms. The number of nitrogen functional groups attached to an aromatic ring is 1. The van der Waals surface area contributed by atoms with Gasteiger partial charge in [-0.2, -0.15) is 5.10 Å². The molecule has 0 radical (unpaired) electrons. The zero-order valence-electron chi connectivity index (χ0n) is 13.5. The van der Waals surface area contributed by atoms with Gasteiger partial charge >= 0.3 is 0 Å². The zero-order valence-corrected chi connectivity index (χ0v) is 13.5. The van der Waals surface area contributed by atoms with Crippen LogP contribution in [-0.4, -0.2) is 28.3 Å². The molecule has 0 fully saturated rings. The zero-order chi connectivity index (χ0) is 16.7. The van der Waals surface area contributed by atoms with Crippen LogP contribution in [0.1, 0.15) is 31.9 Å². The highest BCUT2D eigenvalue weighted by atomic mass is 16.1. The summed E-state index contributed by atoms with van der Waals surface area (Å²) in [7, 11) is 0. The van der Waals surface area contributed by atoms with Gasteiger partial charge in [0.15, 0.2) is 0 Å². The summed E-state index contributed by atoms with van der Waals surface area (Å²) < 4.78 is 1.73. The summed E-state index contributed by atoms with van der Waals surface area (Å²) in [5, 5.41) is 7.42. The van der Waals surface area contributed by atoms with Crippen molar-refractivity contribution in [3.8, 4) is 5.69 Å². The van der Waals surface area contributed by atoms with Crippen molar-refractivity contribution in [3.63, 3.8) is 0 Å². The first kappa shape index (κ1) is 17.0. The molecule has 0 aliphatic heterocycles. The molecule has 1 unspecified atom stereocenters. The van der Waals surface area contributed by atoms with Crippen LogP contribution in [0, 0.1) is 0 Å². The van der Waals surface area contributed by atoms with E-state index in [2.05, 4.69) is 10.4 Å². The average molecular weight is 315 g/mol. The Bertz CT molecular complexity index is 621. The molecule has 23 heavy (non-hydrogen) atoms. The summed E-state index contributed by atoms with van der Waals surface area (Å²) in [6.45, 7) is 2.54. The molecule has 2 rings (SSSR count). The largest absolute Gasteiger partial charge is 0.384 e. The molecule has 2 aromatic rings. The van der Waals surface area contributed by atoms with E-state index < -0.39 is 0 Å². The molecule has 0 spiro atoms. The number of aromatic nitrogens is 2. The highest BCUT2D eigenvalue weighted by molar-refractivity contribution is 5.75. The highest BCUT2D eigenvalue weighted by Gasteiger charge is 2.07. The smallest absolute Gasteiger partial charge is 0.220 e. The number of rotatable bonds is 8. The van der Waals surface area contributed by atoms with E-state index in [1.165, 1.54) is 0 Å². The summed E-state index contributed by atoms with van der Waals surface area (Å²) >= 11 is 0. The van der Waals surface area contributed by atoms with Crippen LogP contribution in [0.2, 0.25) is 0 Å². The average Bonchev–Trinajstić information content (AvgIpc) is 2.91. The molecule has 124 valence electrons. The minimum absolute atomic E-state index is 0.0524. The van der Waals surface area contributed by atoms with E-state index >= 15 is 0 Å². The number of amides is 1. The van der Waals surface area contributed by atoms with Crippen molar-refractivity contribution in [2.24, 2.45) is 5.73 Å². The summed E-state index contributed by atoms with van der Waals surface area (Å²) in [6, 6.07) is 11.7. The Morgan fingerprint density at radius 2 is 2.09 bits per heavy atom. The molecule has 0 aliphatic carbocycles. The molecular formula is C17H25N5O. The molecule has 1 amide bonds. The van der Waals surface area contributed by atoms with Gasteiger partial charge < -0.3 is 16.8 Å². The summed E-state index contributed by atoms with van der Waals surface area (Å²) in [5.41, 5.74) is 13.5. The molecule has 0 saturated heterocycles. The first-order chi connectivity index (χ1) is 11.1. The predicted molar refractivity (Wildman–Crippen MR) is 92.2 cm³/mol. The number of para-hydroxylation sites is 1. The van der Waals surface area contributed by atoms with Crippen LogP contribution < -0.4 is 16.8 Å². The van der Waals surface area contributed by atoms with E-state index in [1.54, 1.807) is 4.68 Å². The third-order valence-electron chi connectivity index (χ3n) is 3.55. The fourth-order valence-corrected chi connectivity index (χ4v) is 2.29. The quantitative estimate of drug-likeness (QED) is 0.645. The Hall–Kier alpha value is -2.34. The van der Waals surface area contributed by atoms with Crippen molar-refractivity contribution < 1.29 is 4.79 Å². The molecule has 5 N–H and O–H groups in total. The van der Waals surface area contributed by atoms with Crippen LogP contribution in [0.5, 0.6) is 0 Å². The number of aryl methyl sites for hydroxylation is 1. The lowest BCUT2D eigenvalue weighted by Crippen LogP contribution is -2.26. The topological polar surface area (TPSA) is 99.0 Å². The normalized spacial score (nSPS) is 12.1. The van der Waals surface area contributed by atoms with Gasteiger partial charge in [-0.05, 0) is 38.3 Å². The number of anilines is 1. The van der Waals surface area contributed by atoms with Crippen molar-refractivity contribution >= 4 is 11.7 Å².